The quantitative estimate of drug-likeness (QED) is 0.328. The highest BCUT2D eigenvalue weighted by Gasteiger charge is 2.05. The summed E-state index contributed by atoms with van der Waals surface area (Å²) in [6.07, 6.45) is 12.1. The van der Waals surface area contributed by atoms with E-state index in [1.54, 1.807) is 0 Å². The zero-order valence-electron chi connectivity index (χ0n) is 11.7. The molecule has 0 fully saturated rings. The van der Waals surface area contributed by atoms with Crippen LogP contribution in [-0.2, 0) is 0 Å². The van der Waals surface area contributed by atoms with Gasteiger partial charge in [-0.2, -0.15) is 0 Å². The van der Waals surface area contributed by atoms with E-state index in [1.165, 1.54) is 51.4 Å². The Labute approximate surface area is 103 Å². The Bertz CT molecular complexity index is 137. The van der Waals surface area contributed by atoms with Crippen LogP contribution in [0.1, 0.15) is 78.6 Å². The minimum absolute atomic E-state index is 0.532. The van der Waals surface area contributed by atoms with Gasteiger partial charge in [-0.15, -0.1) is 0 Å². The molecule has 2 heteroatoms. The van der Waals surface area contributed by atoms with Crippen molar-refractivity contribution in [1.82, 2.24) is 5.01 Å². The van der Waals surface area contributed by atoms with E-state index in [4.69, 9.17) is 5.84 Å². The maximum atomic E-state index is 5.94. The fourth-order valence-corrected chi connectivity index (χ4v) is 1.88. The molecule has 16 heavy (non-hydrogen) atoms. The smallest absolute Gasteiger partial charge is 0.0210 e. The molecule has 0 aromatic heterocycles. The van der Waals surface area contributed by atoms with Crippen LogP contribution in [0, 0.1) is 0 Å². The highest BCUT2D eigenvalue weighted by molar-refractivity contribution is 4.58. The highest BCUT2D eigenvalue weighted by atomic mass is 15.4. The van der Waals surface area contributed by atoms with Crippen molar-refractivity contribution in [3.05, 3.63) is 0 Å². The molecule has 0 aliphatic heterocycles. The van der Waals surface area contributed by atoms with Gasteiger partial charge in [-0.1, -0.05) is 58.8 Å². The van der Waals surface area contributed by atoms with Gasteiger partial charge < -0.3 is 0 Å². The average Bonchev–Trinajstić information content (AvgIpc) is 2.31. The number of rotatable bonds is 11. The highest BCUT2D eigenvalue weighted by Crippen LogP contribution is 2.09. The molecule has 0 aromatic rings. The molecular weight excluding hydrogens is 196 g/mol. The van der Waals surface area contributed by atoms with Crippen LogP contribution >= 0.6 is 0 Å². The van der Waals surface area contributed by atoms with Crippen LogP contribution in [0.25, 0.3) is 0 Å². The van der Waals surface area contributed by atoms with Crippen molar-refractivity contribution in [2.75, 3.05) is 6.54 Å². The second-order valence-electron chi connectivity index (χ2n) is 4.97. The first-order valence-electron chi connectivity index (χ1n) is 7.23. The number of hydrogen-bond acceptors (Lipinski definition) is 2. The first kappa shape index (κ1) is 15.9. The van der Waals surface area contributed by atoms with E-state index in [2.05, 4.69) is 20.8 Å². The molecule has 0 amide bonds. The summed E-state index contributed by atoms with van der Waals surface area (Å²) < 4.78 is 0. The van der Waals surface area contributed by atoms with Gasteiger partial charge in [0.1, 0.15) is 0 Å². The third-order valence-corrected chi connectivity index (χ3v) is 3.43. The van der Waals surface area contributed by atoms with E-state index in [-0.39, 0.29) is 0 Å². The summed E-state index contributed by atoms with van der Waals surface area (Å²) in [6.45, 7) is 7.72. The fourth-order valence-electron chi connectivity index (χ4n) is 1.88. The van der Waals surface area contributed by atoms with Crippen LogP contribution in [0.15, 0.2) is 0 Å². The summed E-state index contributed by atoms with van der Waals surface area (Å²) in [7, 11) is 0. The number of unbranched alkanes of at least 4 members (excludes halogenated alkanes) is 7. The standard InChI is InChI=1S/C14H32N2/c1-4-6-7-8-9-10-11-12-13-16(15)14(3)5-2/h14H,4-13,15H2,1-3H3. The van der Waals surface area contributed by atoms with Crippen LogP contribution in [0.3, 0.4) is 0 Å². The Morgan fingerprint density at radius 2 is 1.38 bits per heavy atom. The zero-order valence-corrected chi connectivity index (χ0v) is 11.7. The molecule has 0 bridgehead atoms. The minimum atomic E-state index is 0.532. The lowest BCUT2D eigenvalue weighted by Gasteiger charge is -2.22. The SMILES string of the molecule is CCCCCCCCCCN(N)C(C)CC. The first-order chi connectivity index (χ1) is 7.72. The molecule has 0 aromatic carbocycles. The summed E-state index contributed by atoms with van der Waals surface area (Å²) >= 11 is 0. The molecule has 0 saturated heterocycles. The Kier molecular flexibility index (Phi) is 11.3. The lowest BCUT2D eigenvalue weighted by atomic mass is 10.1. The van der Waals surface area contributed by atoms with Gasteiger partial charge >= 0.3 is 0 Å². The van der Waals surface area contributed by atoms with Gasteiger partial charge in [0.15, 0.2) is 0 Å². The molecule has 2 N–H and O–H groups in total. The van der Waals surface area contributed by atoms with Gasteiger partial charge in [0.2, 0.25) is 0 Å². The molecule has 0 spiro atoms. The summed E-state index contributed by atoms with van der Waals surface area (Å²) in [6, 6.07) is 0.532. The Balaban J connectivity index is 3.14. The molecule has 0 radical (unpaired) electrons. The predicted molar refractivity (Wildman–Crippen MR) is 73.3 cm³/mol. The van der Waals surface area contributed by atoms with Crippen LogP contribution in [0.2, 0.25) is 0 Å². The largest absolute Gasteiger partial charge is 0.269 e. The van der Waals surface area contributed by atoms with E-state index in [0.29, 0.717) is 6.04 Å². The maximum Gasteiger partial charge on any atom is 0.0210 e. The molecule has 0 saturated carbocycles. The van der Waals surface area contributed by atoms with Gasteiger partial charge in [-0.3, -0.25) is 5.84 Å². The molecule has 0 heterocycles. The third kappa shape index (κ3) is 9.17. The second-order valence-corrected chi connectivity index (χ2v) is 4.97. The van der Waals surface area contributed by atoms with Crippen molar-refractivity contribution < 1.29 is 0 Å². The molecule has 0 aliphatic carbocycles. The average molecular weight is 228 g/mol. The molecule has 1 atom stereocenters. The number of hydrogen-bond donors (Lipinski definition) is 1. The van der Waals surface area contributed by atoms with Gasteiger partial charge in [0, 0.05) is 12.6 Å². The van der Waals surface area contributed by atoms with Gasteiger partial charge in [0.25, 0.3) is 0 Å². The van der Waals surface area contributed by atoms with Crippen LogP contribution in [-0.4, -0.2) is 17.6 Å². The minimum Gasteiger partial charge on any atom is -0.269 e. The normalized spacial score (nSPS) is 13.3. The Hall–Kier alpha value is -0.0800. The maximum absolute atomic E-state index is 5.94. The topological polar surface area (TPSA) is 29.3 Å². The van der Waals surface area contributed by atoms with Gasteiger partial charge in [0.05, 0.1) is 0 Å². The molecule has 2 nitrogen and oxygen atoms in total. The van der Waals surface area contributed by atoms with Crippen molar-refractivity contribution >= 4 is 0 Å². The molecule has 0 rings (SSSR count). The molecule has 98 valence electrons. The first-order valence-corrected chi connectivity index (χ1v) is 7.23. The predicted octanol–water partition coefficient (Wildman–Crippen LogP) is 4.10. The lowest BCUT2D eigenvalue weighted by Crippen LogP contribution is -2.39. The van der Waals surface area contributed by atoms with E-state index < -0.39 is 0 Å². The van der Waals surface area contributed by atoms with Crippen molar-refractivity contribution in [3.63, 3.8) is 0 Å². The Morgan fingerprint density at radius 3 is 1.88 bits per heavy atom. The summed E-state index contributed by atoms with van der Waals surface area (Å²) in [5.74, 6) is 5.94. The van der Waals surface area contributed by atoms with Crippen LogP contribution in [0.4, 0.5) is 0 Å². The summed E-state index contributed by atoms with van der Waals surface area (Å²) in [5.41, 5.74) is 0. The van der Waals surface area contributed by atoms with E-state index in [0.717, 1.165) is 13.0 Å². The third-order valence-electron chi connectivity index (χ3n) is 3.43. The summed E-state index contributed by atoms with van der Waals surface area (Å²) in [4.78, 5) is 0. The van der Waals surface area contributed by atoms with Crippen molar-refractivity contribution in [1.29, 1.82) is 0 Å². The van der Waals surface area contributed by atoms with Gasteiger partial charge in [-0.25, -0.2) is 5.01 Å². The zero-order chi connectivity index (χ0) is 12.2. The molecular formula is C14H32N2. The fraction of sp³-hybridized carbons (Fsp3) is 1.00. The lowest BCUT2D eigenvalue weighted by molar-refractivity contribution is 0.204. The molecule has 0 aliphatic rings. The van der Waals surface area contributed by atoms with Crippen LogP contribution in [0.5, 0.6) is 0 Å². The summed E-state index contributed by atoms with van der Waals surface area (Å²) in [5, 5.41) is 2.00. The van der Waals surface area contributed by atoms with Crippen LogP contribution < -0.4 is 5.84 Å². The van der Waals surface area contributed by atoms with Crippen molar-refractivity contribution in [2.45, 2.75) is 84.6 Å². The molecule has 1 unspecified atom stereocenters. The van der Waals surface area contributed by atoms with Crippen molar-refractivity contribution in [2.24, 2.45) is 5.84 Å². The Morgan fingerprint density at radius 1 is 0.875 bits per heavy atom. The van der Waals surface area contributed by atoms with Crippen molar-refractivity contribution in [3.8, 4) is 0 Å². The number of hydrazine groups is 1. The van der Waals surface area contributed by atoms with Gasteiger partial charge in [-0.05, 0) is 19.8 Å². The number of nitrogens with zero attached hydrogens (tertiary/aromatic N) is 1. The monoisotopic (exact) mass is 228 g/mol. The second kappa shape index (κ2) is 11.4. The number of nitrogens with two attached hydrogens (primary N) is 1. The van der Waals surface area contributed by atoms with E-state index in [9.17, 15) is 0 Å². The van der Waals surface area contributed by atoms with E-state index in [1.807, 2.05) is 5.01 Å². The van der Waals surface area contributed by atoms with E-state index >= 15 is 0 Å².